The molecule has 0 unspecified atom stereocenters. The maximum absolute atomic E-state index is 4.54. The van der Waals surface area contributed by atoms with Crippen molar-refractivity contribution >= 4 is 17.0 Å². The lowest BCUT2D eigenvalue weighted by atomic mass is 10.1. The first-order chi connectivity index (χ1) is 8.66. The van der Waals surface area contributed by atoms with Gasteiger partial charge in [-0.25, -0.2) is 0 Å². The molecule has 0 aliphatic rings. The molecule has 0 atom stereocenters. The monoisotopic (exact) mass is 240 g/mol. The van der Waals surface area contributed by atoms with Gasteiger partial charge in [0.2, 0.25) is 0 Å². The Labute approximate surface area is 109 Å². The molecule has 0 bridgehead atoms. The quantitative estimate of drug-likeness (QED) is 0.884. The second-order valence-corrected chi connectivity index (χ2v) is 4.84. The van der Waals surface area contributed by atoms with E-state index in [1.165, 1.54) is 10.9 Å². The fourth-order valence-corrected chi connectivity index (χ4v) is 1.97. The van der Waals surface area contributed by atoms with Crippen molar-refractivity contribution in [2.24, 2.45) is 0 Å². The predicted molar refractivity (Wildman–Crippen MR) is 78.7 cm³/mol. The van der Waals surface area contributed by atoms with Crippen LogP contribution in [-0.4, -0.2) is 17.6 Å². The first kappa shape index (κ1) is 12.8. The van der Waals surface area contributed by atoms with E-state index in [9.17, 15) is 0 Å². The van der Waals surface area contributed by atoms with Gasteiger partial charge in [-0.05, 0) is 24.6 Å². The topological polar surface area (TPSA) is 24.9 Å². The van der Waals surface area contributed by atoms with Crippen molar-refractivity contribution in [3.63, 3.8) is 0 Å². The molecule has 0 fully saturated rings. The van der Waals surface area contributed by atoms with Crippen LogP contribution in [0.4, 0.5) is 0 Å². The van der Waals surface area contributed by atoms with Crippen molar-refractivity contribution in [1.82, 2.24) is 10.3 Å². The van der Waals surface area contributed by atoms with Gasteiger partial charge in [-0.1, -0.05) is 44.2 Å². The van der Waals surface area contributed by atoms with Crippen molar-refractivity contribution in [3.8, 4) is 0 Å². The van der Waals surface area contributed by atoms with Gasteiger partial charge in [-0.3, -0.25) is 4.98 Å². The Morgan fingerprint density at radius 1 is 1.28 bits per heavy atom. The Hall–Kier alpha value is -1.67. The Kier molecular flexibility index (Phi) is 4.11. The molecule has 1 aromatic heterocycles. The van der Waals surface area contributed by atoms with E-state index in [0.29, 0.717) is 6.04 Å². The minimum atomic E-state index is 0.519. The van der Waals surface area contributed by atoms with E-state index in [-0.39, 0.29) is 0 Å². The van der Waals surface area contributed by atoms with Crippen molar-refractivity contribution in [1.29, 1.82) is 0 Å². The molecule has 0 saturated carbocycles. The molecule has 0 amide bonds. The Morgan fingerprint density at radius 3 is 2.83 bits per heavy atom. The fourth-order valence-electron chi connectivity index (χ4n) is 1.97. The zero-order valence-electron chi connectivity index (χ0n) is 11.3. The van der Waals surface area contributed by atoms with Crippen LogP contribution in [0.25, 0.3) is 17.0 Å². The number of aryl methyl sites for hydroxylation is 1. The van der Waals surface area contributed by atoms with Crippen LogP contribution in [0.15, 0.2) is 36.4 Å². The third-order valence-electron chi connectivity index (χ3n) is 2.82. The number of para-hydroxylation sites is 1. The second-order valence-electron chi connectivity index (χ2n) is 4.84. The lowest BCUT2D eigenvalue weighted by Gasteiger charge is -2.05. The van der Waals surface area contributed by atoms with Gasteiger partial charge in [0, 0.05) is 23.7 Å². The summed E-state index contributed by atoms with van der Waals surface area (Å²) in [6.07, 6.45) is 4.34. The summed E-state index contributed by atoms with van der Waals surface area (Å²) in [5.74, 6) is 0. The highest BCUT2D eigenvalue weighted by Crippen LogP contribution is 2.19. The molecule has 1 aromatic carbocycles. The second kappa shape index (κ2) is 5.78. The molecule has 1 heterocycles. The number of rotatable bonds is 4. The molecule has 0 saturated heterocycles. The molecule has 2 heteroatoms. The minimum absolute atomic E-state index is 0.519. The van der Waals surface area contributed by atoms with E-state index in [4.69, 9.17) is 0 Å². The molecular weight excluding hydrogens is 220 g/mol. The molecule has 0 aliphatic carbocycles. The highest BCUT2D eigenvalue weighted by atomic mass is 14.9. The number of nitrogens with zero attached hydrogens (tertiary/aromatic N) is 1. The van der Waals surface area contributed by atoms with Crippen LogP contribution >= 0.6 is 0 Å². The SMILES string of the molecule is Cc1cc(C=CCNC(C)C)c2ccccc2n1. The molecule has 0 radical (unpaired) electrons. The summed E-state index contributed by atoms with van der Waals surface area (Å²) in [5, 5.41) is 4.59. The van der Waals surface area contributed by atoms with E-state index in [1.54, 1.807) is 0 Å². The van der Waals surface area contributed by atoms with Gasteiger partial charge in [0.05, 0.1) is 5.52 Å². The molecular formula is C16H20N2. The van der Waals surface area contributed by atoms with Gasteiger partial charge in [0.25, 0.3) is 0 Å². The lowest BCUT2D eigenvalue weighted by molar-refractivity contribution is 0.633. The molecule has 2 nitrogen and oxygen atoms in total. The van der Waals surface area contributed by atoms with Crippen LogP contribution in [-0.2, 0) is 0 Å². The Morgan fingerprint density at radius 2 is 2.06 bits per heavy atom. The average molecular weight is 240 g/mol. The van der Waals surface area contributed by atoms with Gasteiger partial charge in [-0.15, -0.1) is 0 Å². The number of fused-ring (bicyclic) bond motifs is 1. The number of pyridine rings is 1. The van der Waals surface area contributed by atoms with Gasteiger partial charge >= 0.3 is 0 Å². The third-order valence-corrected chi connectivity index (χ3v) is 2.82. The van der Waals surface area contributed by atoms with Crippen LogP contribution in [0.5, 0.6) is 0 Å². The van der Waals surface area contributed by atoms with Gasteiger partial charge in [0.1, 0.15) is 0 Å². The zero-order chi connectivity index (χ0) is 13.0. The highest BCUT2D eigenvalue weighted by Gasteiger charge is 2.00. The summed E-state index contributed by atoms with van der Waals surface area (Å²) >= 11 is 0. The first-order valence-electron chi connectivity index (χ1n) is 6.43. The molecule has 18 heavy (non-hydrogen) atoms. The largest absolute Gasteiger partial charge is 0.311 e. The van der Waals surface area contributed by atoms with Crippen LogP contribution in [0.3, 0.4) is 0 Å². The number of benzene rings is 1. The van der Waals surface area contributed by atoms with Gasteiger partial charge in [-0.2, -0.15) is 0 Å². The van der Waals surface area contributed by atoms with Crippen LogP contribution in [0, 0.1) is 6.92 Å². The molecule has 0 spiro atoms. The summed E-state index contributed by atoms with van der Waals surface area (Å²) in [6, 6.07) is 10.9. The predicted octanol–water partition coefficient (Wildman–Crippen LogP) is 3.55. The van der Waals surface area contributed by atoms with Crippen LogP contribution in [0.1, 0.15) is 25.1 Å². The van der Waals surface area contributed by atoms with E-state index in [0.717, 1.165) is 17.8 Å². The van der Waals surface area contributed by atoms with E-state index in [2.05, 4.69) is 60.6 Å². The van der Waals surface area contributed by atoms with Gasteiger partial charge in [0.15, 0.2) is 0 Å². The average Bonchev–Trinajstić information content (AvgIpc) is 2.34. The summed E-state index contributed by atoms with van der Waals surface area (Å²) in [4.78, 5) is 4.54. The molecule has 1 N–H and O–H groups in total. The molecule has 2 aromatic rings. The van der Waals surface area contributed by atoms with Crippen molar-refractivity contribution < 1.29 is 0 Å². The zero-order valence-corrected chi connectivity index (χ0v) is 11.3. The summed E-state index contributed by atoms with van der Waals surface area (Å²) in [5.41, 5.74) is 3.36. The minimum Gasteiger partial charge on any atom is -0.311 e. The lowest BCUT2D eigenvalue weighted by Crippen LogP contribution is -2.22. The summed E-state index contributed by atoms with van der Waals surface area (Å²) in [7, 11) is 0. The third kappa shape index (κ3) is 3.17. The van der Waals surface area contributed by atoms with E-state index >= 15 is 0 Å². The van der Waals surface area contributed by atoms with E-state index < -0.39 is 0 Å². The first-order valence-corrected chi connectivity index (χ1v) is 6.43. The summed E-state index contributed by atoms with van der Waals surface area (Å²) in [6.45, 7) is 7.24. The van der Waals surface area contributed by atoms with Crippen molar-refractivity contribution in [3.05, 3.63) is 47.7 Å². The standard InChI is InChI=1S/C16H20N2/c1-12(2)17-10-6-7-14-11-13(3)18-16-9-5-4-8-15(14)16/h4-9,11-12,17H,10H2,1-3H3. The molecule has 2 rings (SSSR count). The normalized spacial score (nSPS) is 11.8. The Balaban J connectivity index is 2.27. The van der Waals surface area contributed by atoms with Crippen LogP contribution in [0.2, 0.25) is 0 Å². The fraction of sp³-hybridized carbons (Fsp3) is 0.312. The molecule has 0 aliphatic heterocycles. The van der Waals surface area contributed by atoms with Crippen LogP contribution < -0.4 is 5.32 Å². The number of aromatic nitrogens is 1. The van der Waals surface area contributed by atoms with Crippen molar-refractivity contribution in [2.45, 2.75) is 26.8 Å². The van der Waals surface area contributed by atoms with E-state index in [1.807, 2.05) is 13.0 Å². The molecule has 94 valence electrons. The highest BCUT2D eigenvalue weighted by molar-refractivity contribution is 5.87. The Bertz CT molecular complexity index is 556. The number of hydrogen-bond acceptors (Lipinski definition) is 2. The summed E-state index contributed by atoms with van der Waals surface area (Å²) < 4.78 is 0. The number of nitrogens with one attached hydrogen (secondary N) is 1. The smallest absolute Gasteiger partial charge is 0.0711 e. The maximum Gasteiger partial charge on any atom is 0.0711 e. The number of hydrogen-bond donors (Lipinski definition) is 1. The van der Waals surface area contributed by atoms with Crippen molar-refractivity contribution in [2.75, 3.05) is 6.54 Å². The maximum atomic E-state index is 4.54. The van der Waals surface area contributed by atoms with Gasteiger partial charge < -0.3 is 5.32 Å².